The van der Waals surface area contributed by atoms with Gasteiger partial charge >= 0.3 is 0 Å². The highest BCUT2D eigenvalue weighted by molar-refractivity contribution is 4.80. The molecule has 0 aliphatic carbocycles. The molecule has 4 nitrogen and oxygen atoms in total. The molecular weight excluding hydrogens is 665 g/mol. The molecule has 0 spiro atoms. The van der Waals surface area contributed by atoms with Crippen LogP contribution in [-0.2, 0) is 18.9 Å². The topological polar surface area (TPSA) is 36.9 Å². The Kier molecular flexibility index (Phi) is 46.6. The van der Waals surface area contributed by atoms with E-state index in [0.29, 0.717) is 33.0 Å². The second kappa shape index (κ2) is 47.0. The monoisotopic (exact) mass is 765 g/mol. The van der Waals surface area contributed by atoms with Crippen LogP contribution in [0.4, 0.5) is 0 Å². The third-order valence-corrected chi connectivity index (χ3v) is 11.3. The van der Waals surface area contributed by atoms with Crippen LogP contribution in [0, 0.1) is 5.41 Å². The minimum atomic E-state index is -0.269. The molecule has 324 valence electrons. The van der Waals surface area contributed by atoms with Gasteiger partial charge in [0.1, 0.15) is 0 Å². The van der Waals surface area contributed by atoms with Crippen LogP contribution in [0.3, 0.4) is 0 Å². The van der Waals surface area contributed by atoms with E-state index in [0.717, 1.165) is 39.1 Å². The average Bonchev–Trinajstić information content (AvgIpc) is 3.18. The van der Waals surface area contributed by atoms with Crippen LogP contribution >= 0.6 is 0 Å². The fraction of sp³-hybridized carbons (Fsp3) is 0.960. The lowest BCUT2D eigenvalue weighted by Crippen LogP contribution is -2.42. The molecule has 0 aliphatic rings. The zero-order valence-electron chi connectivity index (χ0n) is 37.5. The van der Waals surface area contributed by atoms with Gasteiger partial charge in [-0.15, -0.1) is 6.58 Å². The molecule has 0 amide bonds. The van der Waals surface area contributed by atoms with E-state index in [1.165, 1.54) is 212 Å². The smallest absolute Gasteiger partial charge is 0.0645 e. The van der Waals surface area contributed by atoms with E-state index in [2.05, 4.69) is 27.4 Å². The van der Waals surface area contributed by atoms with Gasteiger partial charge in [-0.25, -0.2) is 0 Å². The first kappa shape index (κ1) is 53.6. The first-order valence-electron chi connectivity index (χ1n) is 24.7. The molecule has 0 heterocycles. The maximum Gasteiger partial charge on any atom is 0.0645 e. The highest BCUT2D eigenvalue weighted by Gasteiger charge is 2.32. The summed E-state index contributed by atoms with van der Waals surface area (Å²) in [5.41, 5.74) is -0.269. The first-order chi connectivity index (χ1) is 26.7. The molecule has 0 N–H and O–H groups in total. The molecule has 0 aliphatic heterocycles. The van der Waals surface area contributed by atoms with Gasteiger partial charge in [0.25, 0.3) is 0 Å². The molecule has 0 fully saturated rings. The third kappa shape index (κ3) is 41.2. The average molecular weight is 765 g/mol. The molecule has 54 heavy (non-hydrogen) atoms. The van der Waals surface area contributed by atoms with Crippen molar-refractivity contribution in [2.75, 3.05) is 52.9 Å². The molecule has 0 aromatic rings. The Hall–Kier alpha value is -0.420. The van der Waals surface area contributed by atoms with E-state index >= 15 is 0 Å². The Balaban J connectivity index is 4.52. The molecule has 0 unspecified atom stereocenters. The van der Waals surface area contributed by atoms with Gasteiger partial charge in [0.15, 0.2) is 0 Å². The highest BCUT2D eigenvalue weighted by atomic mass is 16.5. The van der Waals surface area contributed by atoms with E-state index in [1.807, 2.05) is 6.08 Å². The SMILES string of the molecule is C=CCOCC(COCCCCCCCCCCCCCC)(COCCCCCCCCCCCCCC)COCCCCCCCCCCCCCC. The van der Waals surface area contributed by atoms with Crippen LogP contribution in [0.5, 0.6) is 0 Å². The maximum absolute atomic E-state index is 6.40. The van der Waals surface area contributed by atoms with Crippen molar-refractivity contribution < 1.29 is 18.9 Å². The van der Waals surface area contributed by atoms with E-state index in [9.17, 15) is 0 Å². The summed E-state index contributed by atoms with van der Waals surface area (Å²) < 4.78 is 25.3. The van der Waals surface area contributed by atoms with Crippen LogP contribution in [0.2, 0.25) is 0 Å². The van der Waals surface area contributed by atoms with Gasteiger partial charge in [-0.2, -0.15) is 0 Å². The molecule has 0 saturated carbocycles. The Morgan fingerprint density at radius 1 is 0.296 bits per heavy atom. The third-order valence-electron chi connectivity index (χ3n) is 11.3. The van der Waals surface area contributed by atoms with Gasteiger partial charge in [0, 0.05) is 19.8 Å². The minimum Gasteiger partial charge on any atom is -0.381 e. The van der Waals surface area contributed by atoms with Crippen LogP contribution in [-0.4, -0.2) is 52.9 Å². The highest BCUT2D eigenvalue weighted by Crippen LogP contribution is 2.23. The van der Waals surface area contributed by atoms with Crippen molar-refractivity contribution in [2.45, 2.75) is 252 Å². The van der Waals surface area contributed by atoms with Crippen molar-refractivity contribution in [3.05, 3.63) is 12.7 Å². The van der Waals surface area contributed by atoms with Crippen molar-refractivity contribution in [2.24, 2.45) is 5.41 Å². The lowest BCUT2D eigenvalue weighted by molar-refractivity contribution is -0.104. The lowest BCUT2D eigenvalue weighted by atomic mass is 9.92. The lowest BCUT2D eigenvalue weighted by Gasteiger charge is -2.33. The summed E-state index contributed by atoms with van der Waals surface area (Å²) in [4.78, 5) is 0. The molecule has 4 heteroatoms. The second-order valence-corrected chi connectivity index (χ2v) is 17.1. The number of hydrogen-bond donors (Lipinski definition) is 0. The fourth-order valence-corrected chi connectivity index (χ4v) is 7.61. The van der Waals surface area contributed by atoms with Crippen LogP contribution in [0.1, 0.15) is 252 Å². The van der Waals surface area contributed by atoms with E-state index < -0.39 is 0 Å². The molecule has 0 aromatic heterocycles. The largest absolute Gasteiger partial charge is 0.381 e. The summed E-state index contributed by atoms with van der Waals surface area (Å²) in [5, 5.41) is 0. The fourth-order valence-electron chi connectivity index (χ4n) is 7.61. The molecule has 0 atom stereocenters. The van der Waals surface area contributed by atoms with Gasteiger partial charge in [0.2, 0.25) is 0 Å². The zero-order chi connectivity index (χ0) is 39.1. The number of unbranched alkanes of at least 4 members (excludes halogenated alkanes) is 33. The zero-order valence-corrected chi connectivity index (χ0v) is 37.5. The summed E-state index contributed by atoms with van der Waals surface area (Å²) in [6.07, 6.45) is 50.9. The molecular formula is C50H100O4. The van der Waals surface area contributed by atoms with Crippen molar-refractivity contribution in [3.8, 4) is 0 Å². The number of hydrogen-bond acceptors (Lipinski definition) is 4. The molecule has 0 aromatic carbocycles. The van der Waals surface area contributed by atoms with Gasteiger partial charge in [-0.3, -0.25) is 0 Å². The summed E-state index contributed by atoms with van der Waals surface area (Å²) in [6.45, 7) is 16.3. The standard InChI is InChI=1S/C50H100O4/c1-5-9-12-15-18-21-24-27-30-33-36-39-43-52-47-50(46-51-42-8-4,48-53-44-40-37-34-31-28-25-22-19-16-13-10-6-2)49-54-45-41-38-35-32-29-26-23-20-17-14-11-7-3/h8H,4-7,9-49H2,1-3H3. The predicted octanol–water partition coefficient (Wildman–Crippen LogP) is 16.3. The van der Waals surface area contributed by atoms with E-state index in [1.54, 1.807) is 0 Å². The van der Waals surface area contributed by atoms with Crippen LogP contribution in [0.25, 0.3) is 0 Å². The van der Waals surface area contributed by atoms with E-state index in [-0.39, 0.29) is 5.41 Å². The predicted molar refractivity (Wildman–Crippen MR) is 239 cm³/mol. The van der Waals surface area contributed by atoms with Gasteiger partial charge in [0.05, 0.1) is 38.4 Å². The number of ether oxygens (including phenoxy) is 4. The van der Waals surface area contributed by atoms with E-state index in [4.69, 9.17) is 18.9 Å². The normalized spacial score (nSPS) is 11.9. The first-order valence-corrected chi connectivity index (χ1v) is 24.7. The van der Waals surface area contributed by atoms with Crippen molar-refractivity contribution in [1.82, 2.24) is 0 Å². The van der Waals surface area contributed by atoms with Crippen LogP contribution in [0.15, 0.2) is 12.7 Å². The van der Waals surface area contributed by atoms with Gasteiger partial charge < -0.3 is 18.9 Å². The van der Waals surface area contributed by atoms with Crippen molar-refractivity contribution in [1.29, 1.82) is 0 Å². The molecule has 0 saturated heterocycles. The summed E-state index contributed by atoms with van der Waals surface area (Å²) in [7, 11) is 0. The van der Waals surface area contributed by atoms with Gasteiger partial charge in [-0.05, 0) is 19.3 Å². The second-order valence-electron chi connectivity index (χ2n) is 17.1. The molecule has 0 rings (SSSR count). The molecule has 0 radical (unpaired) electrons. The quantitative estimate of drug-likeness (QED) is 0.0457. The minimum absolute atomic E-state index is 0.269. The number of rotatable bonds is 49. The molecule has 0 bridgehead atoms. The van der Waals surface area contributed by atoms with Crippen molar-refractivity contribution >= 4 is 0 Å². The van der Waals surface area contributed by atoms with Crippen LogP contribution < -0.4 is 0 Å². The Bertz CT molecular complexity index is 603. The maximum atomic E-state index is 6.40. The van der Waals surface area contributed by atoms with Gasteiger partial charge in [-0.1, -0.05) is 239 Å². The summed E-state index contributed by atoms with van der Waals surface area (Å²) in [6, 6.07) is 0. The Morgan fingerprint density at radius 2 is 0.500 bits per heavy atom. The van der Waals surface area contributed by atoms with Crippen molar-refractivity contribution in [3.63, 3.8) is 0 Å². The Labute approximate surface area is 340 Å². The summed E-state index contributed by atoms with van der Waals surface area (Å²) >= 11 is 0. The Morgan fingerprint density at radius 3 is 0.722 bits per heavy atom. The summed E-state index contributed by atoms with van der Waals surface area (Å²) in [5.74, 6) is 0.